The van der Waals surface area contributed by atoms with Crippen molar-refractivity contribution in [1.29, 1.82) is 0 Å². The lowest BCUT2D eigenvalue weighted by molar-refractivity contribution is -0.143. The molecule has 0 fully saturated rings. The summed E-state index contributed by atoms with van der Waals surface area (Å²) in [4.78, 5) is 24.6. The van der Waals surface area contributed by atoms with Gasteiger partial charge in [0.2, 0.25) is 5.91 Å². The van der Waals surface area contributed by atoms with Gasteiger partial charge in [0.05, 0.1) is 25.4 Å². The predicted octanol–water partition coefficient (Wildman–Crippen LogP) is 20.3. The third kappa shape index (κ3) is 56.2. The van der Waals surface area contributed by atoms with Crippen molar-refractivity contribution in [2.75, 3.05) is 13.2 Å². The number of unbranched alkanes of at least 4 members (excludes halogenated alkanes) is 50. The first-order valence-electron chi connectivity index (χ1n) is 32.3. The molecule has 0 aliphatic rings. The predicted molar refractivity (Wildman–Crippen MR) is 306 cm³/mol. The van der Waals surface area contributed by atoms with Crippen LogP contribution in [0.15, 0.2) is 0 Å². The van der Waals surface area contributed by atoms with E-state index in [-0.39, 0.29) is 18.5 Å². The minimum Gasteiger partial charge on any atom is -0.466 e. The van der Waals surface area contributed by atoms with Crippen LogP contribution in [-0.4, -0.2) is 47.4 Å². The van der Waals surface area contributed by atoms with E-state index in [4.69, 9.17) is 4.74 Å². The molecular weight excluding hydrogens is 863 g/mol. The van der Waals surface area contributed by atoms with Gasteiger partial charge >= 0.3 is 5.97 Å². The molecule has 0 aliphatic heterocycles. The van der Waals surface area contributed by atoms with Crippen molar-refractivity contribution in [3.05, 3.63) is 0 Å². The first kappa shape index (κ1) is 68.9. The third-order valence-electron chi connectivity index (χ3n) is 15.4. The van der Waals surface area contributed by atoms with Crippen LogP contribution in [0.5, 0.6) is 0 Å². The molecule has 0 spiro atoms. The number of ether oxygens (including phenoxy) is 1. The number of carbonyl (C=O) groups is 2. The van der Waals surface area contributed by atoms with E-state index in [1.54, 1.807) is 0 Å². The van der Waals surface area contributed by atoms with Crippen LogP contribution in [0, 0.1) is 0 Å². The van der Waals surface area contributed by atoms with Crippen molar-refractivity contribution >= 4 is 11.9 Å². The van der Waals surface area contributed by atoms with Gasteiger partial charge in [0.1, 0.15) is 0 Å². The maximum Gasteiger partial charge on any atom is 0.305 e. The SMILES string of the molecule is CCCCCCCCCCCCCCCCCCCCC(=O)OCCCCCCCCCCCCCCCCCCCCCCCCC(=O)NC(CO)C(O)CCCCCCCCCCCCCCC. The Balaban J connectivity index is 3.33. The lowest BCUT2D eigenvalue weighted by atomic mass is 10.0. The molecule has 0 heterocycles. The Labute approximate surface area is 438 Å². The first-order chi connectivity index (χ1) is 34.5. The van der Waals surface area contributed by atoms with Crippen LogP contribution in [0.25, 0.3) is 0 Å². The minimum atomic E-state index is -0.662. The topological polar surface area (TPSA) is 95.9 Å². The van der Waals surface area contributed by atoms with E-state index in [0.717, 1.165) is 38.5 Å². The van der Waals surface area contributed by atoms with Gasteiger partial charge in [-0.1, -0.05) is 335 Å². The maximum absolute atomic E-state index is 12.5. The molecule has 0 bridgehead atoms. The summed E-state index contributed by atoms with van der Waals surface area (Å²) in [5, 5.41) is 23.3. The zero-order valence-corrected chi connectivity index (χ0v) is 47.8. The van der Waals surface area contributed by atoms with Gasteiger partial charge in [0.15, 0.2) is 0 Å². The van der Waals surface area contributed by atoms with Gasteiger partial charge in [-0.2, -0.15) is 0 Å². The van der Waals surface area contributed by atoms with E-state index in [2.05, 4.69) is 19.2 Å². The van der Waals surface area contributed by atoms with Crippen molar-refractivity contribution in [1.82, 2.24) is 5.32 Å². The van der Waals surface area contributed by atoms with Gasteiger partial charge in [-0.3, -0.25) is 9.59 Å². The fraction of sp³-hybridized carbons (Fsp3) is 0.969. The van der Waals surface area contributed by atoms with Crippen LogP contribution < -0.4 is 5.32 Å². The Bertz CT molecular complexity index is 1010. The standard InChI is InChI=1S/C64H127NO5/c1-3-5-7-9-11-13-15-17-18-19-27-30-34-38-42-46-50-54-58-64(69)70-59-55-51-47-43-39-35-31-28-25-23-21-20-22-24-26-29-33-37-41-45-49-53-57-63(68)65-61(60-66)62(67)56-52-48-44-40-36-32-16-14-12-10-8-6-4-2/h61-62,66-67H,3-60H2,1-2H3,(H,65,68). The van der Waals surface area contributed by atoms with Gasteiger partial charge in [0, 0.05) is 12.8 Å². The monoisotopic (exact) mass is 990 g/mol. The van der Waals surface area contributed by atoms with Crippen LogP contribution in [0.3, 0.4) is 0 Å². The van der Waals surface area contributed by atoms with Gasteiger partial charge in [-0.05, 0) is 25.7 Å². The Morgan fingerprint density at radius 3 is 0.871 bits per heavy atom. The Morgan fingerprint density at radius 1 is 0.343 bits per heavy atom. The van der Waals surface area contributed by atoms with E-state index in [0.29, 0.717) is 25.9 Å². The summed E-state index contributed by atoms with van der Waals surface area (Å²) in [6.45, 7) is 4.99. The lowest BCUT2D eigenvalue weighted by Gasteiger charge is -2.22. The number of esters is 1. The second-order valence-electron chi connectivity index (χ2n) is 22.5. The zero-order valence-electron chi connectivity index (χ0n) is 47.8. The molecular formula is C64H127NO5. The molecule has 0 aliphatic carbocycles. The maximum atomic E-state index is 12.5. The molecule has 0 aromatic rings. The Kier molecular flexibility index (Phi) is 59.4. The summed E-state index contributed by atoms with van der Waals surface area (Å²) in [5.41, 5.74) is 0. The normalized spacial score (nSPS) is 12.5. The molecule has 418 valence electrons. The number of carbonyl (C=O) groups excluding carboxylic acids is 2. The molecule has 70 heavy (non-hydrogen) atoms. The van der Waals surface area contributed by atoms with Crippen molar-refractivity contribution < 1.29 is 24.5 Å². The highest BCUT2D eigenvalue weighted by Gasteiger charge is 2.20. The van der Waals surface area contributed by atoms with Crippen molar-refractivity contribution in [2.24, 2.45) is 0 Å². The lowest BCUT2D eigenvalue weighted by Crippen LogP contribution is -2.45. The van der Waals surface area contributed by atoms with E-state index < -0.39 is 12.1 Å². The second kappa shape index (κ2) is 60.4. The van der Waals surface area contributed by atoms with Crippen molar-refractivity contribution in [3.63, 3.8) is 0 Å². The molecule has 2 unspecified atom stereocenters. The number of hydrogen-bond acceptors (Lipinski definition) is 5. The third-order valence-corrected chi connectivity index (χ3v) is 15.4. The molecule has 0 rings (SSSR count). The average molecular weight is 991 g/mol. The molecule has 1 amide bonds. The minimum absolute atomic E-state index is 0.0188. The molecule has 3 N–H and O–H groups in total. The van der Waals surface area contributed by atoms with Crippen LogP contribution in [0.2, 0.25) is 0 Å². The number of rotatable bonds is 61. The van der Waals surface area contributed by atoms with Gasteiger partial charge < -0.3 is 20.3 Å². The summed E-state index contributed by atoms with van der Waals surface area (Å²) in [6, 6.07) is -0.539. The number of amides is 1. The average Bonchev–Trinajstić information content (AvgIpc) is 3.36. The number of aliphatic hydroxyl groups is 2. The van der Waals surface area contributed by atoms with E-state index >= 15 is 0 Å². The highest BCUT2D eigenvalue weighted by Crippen LogP contribution is 2.19. The highest BCUT2D eigenvalue weighted by atomic mass is 16.5. The largest absolute Gasteiger partial charge is 0.466 e. The molecule has 0 aromatic carbocycles. The van der Waals surface area contributed by atoms with E-state index in [9.17, 15) is 19.8 Å². The van der Waals surface area contributed by atoms with Crippen LogP contribution in [0.1, 0.15) is 373 Å². The second-order valence-corrected chi connectivity index (χ2v) is 22.5. The zero-order chi connectivity index (χ0) is 50.7. The fourth-order valence-corrected chi connectivity index (χ4v) is 10.5. The molecule has 0 saturated carbocycles. The Hall–Kier alpha value is -1.14. The first-order valence-corrected chi connectivity index (χ1v) is 32.3. The quantitative estimate of drug-likeness (QED) is 0.0417. The summed E-state index contributed by atoms with van der Waals surface area (Å²) in [5.74, 6) is -0.0139. The smallest absolute Gasteiger partial charge is 0.305 e. The van der Waals surface area contributed by atoms with Crippen molar-refractivity contribution in [3.8, 4) is 0 Å². The molecule has 6 nitrogen and oxygen atoms in total. The Morgan fingerprint density at radius 2 is 0.586 bits per heavy atom. The summed E-state index contributed by atoms with van der Waals surface area (Å²) < 4.78 is 5.50. The van der Waals surface area contributed by atoms with Crippen LogP contribution in [0.4, 0.5) is 0 Å². The number of aliphatic hydroxyl groups excluding tert-OH is 2. The van der Waals surface area contributed by atoms with E-state index in [1.807, 2.05) is 0 Å². The van der Waals surface area contributed by atoms with Gasteiger partial charge in [-0.25, -0.2) is 0 Å². The van der Waals surface area contributed by atoms with E-state index in [1.165, 1.54) is 302 Å². The van der Waals surface area contributed by atoms with Crippen LogP contribution in [-0.2, 0) is 14.3 Å². The fourth-order valence-electron chi connectivity index (χ4n) is 10.5. The number of nitrogens with one attached hydrogen (secondary N) is 1. The summed E-state index contributed by atoms with van der Waals surface area (Å²) in [7, 11) is 0. The van der Waals surface area contributed by atoms with Gasteiger partial charge in [0.25, 0.3) is 0 Å². The summed E-state index contributed by atoms with van der Waals surface area (Å²) >= 11 is 0. The molecule has 0 saturated heterocycles. The number of hydrogen-bond donors (Lipinski definition) is 3. The highest BCUT2D eigenvalue weighted by molar-refractivity contribution is 5.76. The van der Waals surface area contributed by atoms with Crippen LogP contribution >= 0.6 is 0 Å². The molecule has 6 heteroatoms. The van der Waals surface area contributed by atoms with Crippen molar-refractivity contribution in [2.45, 2.75) is 386 Å². The molecule has 0 radical (unpaired) electrons. The summed E-state index contributed by atoms with van der Waals surface area (Å²) in [6.07, 6.45) is 71.2. The van der Waals surface area contributed by atoms with Gasteiger partial charge in [-0.15, -0.1) is 0 Å². The molecule has 2 atom stereocenters. The molecule has 0 aromatic heterocycles.